The first-order valence-electron chi connectivity index (χ1n) is 4.93. The second-order valence-corrected chi connectivity index (χ2v) is 3.51. The third-order valence-electron chi connectivity index (χ3n) is 2.16. The molecule has 2 rings (SSSR count). The number of nitrogens with zero attached hydrogens (tertiary/aromatic N) is 1. The van der Waals surface area contributed by atoms with E-state index < -0.39 is 0 Å². The summed E-state index contributed by atoms with van der Waals surface area (Å²) in [6.45, 7) is 2.58. The largest absolute Gasteiger partial charge is 0.493 e. The van der Waals surface area contributed by atoms with E-state index in [1.165, 1.54) is 0 Å². The highest BCUT2D eigenvalue weighted by atomic mass is 35.5. The lowest BCUT2D eigenvalue weighted by atomic mass is 10.1. The average Bonchev–Trinajstić information content (AvgIpc) is 2.64. The van der Waals surface area contributed by atoms with Crippen LogP contribution >= 0.6 is 11.6 Å². The van der Waals surface area contributed by atoms with E-state index in [1.54, 1.807) is 0 Å². The maximum Gasteiger partial charge on any atom is 0.170 e. The molecule has 15 heavy (non-hydrogen) atoms. The molecule has 80 valence electrons. The van der Waals surface area contributed by atoms with Crippen molar-refractivity contribution in [2.45, 2.75) is 13.3 Å². The summed E-state index contributed by atoms with van der Waals surface area (Å²) in [5.74, 6) is 1.35. The van der Waals surface area contributed by atoms with Crippen molar-refractivity contribution < 1.29 is 9.26 Å². The Morgan fingerprint density at radius 2 is 2.33 bits per heavy atom. The quantitative estimate of drug-likeness (QED) is 0.751. The van der Waals surface area contributed by atoms with E-state index in [-0.39, 0.29) is 0 Å². The normalized spacial score (nSPS) is 10.8. The zero-order chi connectivity index (χ0) is 10.7. The topological polar surface area (TPSA) is 35.3 Å². The molecule has 3 nitrogen and oxygen atoms in total. The van der Waals surface area contributed by atoms with Crippen LogP contribution < -0.4 is 4.74 Å². The number of halogens is 1. The van der Waals surface area contributed by atoms with Crippen LogP contribution in [-0.2, 0) is 6.42 Å². The summed E-state index contributed by atoms with van der Waals surface area (Å²) in [6, 6.07) is 5.69. The van der Waals surface area contributed by atoms with E-state index in [1.807, 2.05) is 25.1 Å². The number of ether oxygens (including phenoxy) is 1. The van der Waals surface area contributed by atoms with E-state index in [0.29, 0.717) is 18.9 Å². The van der Waals surface area contributed by atoms with Gasteiger partial charge < -0.3 is 9.26 Å². The molecule has 0 radical (unpaired) electrons. The summed E-state index contributed by atoms with van der Waals surface area (Å²) < 4.78 is 10.7. The summed E-state index contributed by atoms with van der Waals surface area (Å²) in [7, 11) is 0. The van der Waals surface area contributed by atoms with Crippen molar-refractivity contribution in [1.82, 2.24) is 5.16 Å². The van der Waals surface area contributed by atoms with Gasteiger partial charge in [-0.2, -0.15) is 0 Å². The van der Waals surface area contributed by atoms with Crippen LogP contribution in [-0.4, -0.2) is 17.6 Å². The van der Waals surface area contributed by atoms with Crippen molar-refractivity contribution in [2.24, 2.45) is 0 Å². The highest BCUT2D eigenvalue weighted by molar-refractivity contribution is 6.18. The molecule has 0 aliphatic heterocycles. The van der Waals surface area contributed by atoms with Crippen LogP contribution in [0.25, 0.3) is 11.0 Å². The van der Waals surface area contributed by atoms with Crippen molar-refractivity contribution in [3.63, 3.8) is 0 Å². The van der Waals surface area contributed by atoms with Gasteiger partial charge in [0, 0.05) is 12.3 Å². The number of fused-ring (bicyclic) bond motifs is 1. The monoisotopic (exact) mass is 225 g/mol. The lowest BCUT2D eigenvalue weighted by Crippen LogP contribution is -1.94. The van der Waals surface area contributed by atoms with Gasteiger partial charge in [-0.25, -0.2) is 0 Å². The maximum atomic E-state index is 5.70. The zero-order valence-electron chi connectivity index (χ0n) is 8.50. The Hall–Kier alpha value is -1.22. The molecule has 0 aliphatic rings. The summed E-state index contributed by atoms with van der Waals surface area (Å²) in [5.41, 5.74) is 1.62. The van der Waals surface area contributed by atoms with Gasteiger partial charge in [-0.1, -0.05) is 11.2 Å². The van der Waals surface area contributed by atoms with E-state index in [4.69, 9.17) is 20.9 Å². The molecule has 1 aromatic carbocycles. The molecule has 0 aliphatic carbocycles. The van der Waals surface area contributed by atoms with E-state index in [0.717, 1.165) is 22.4 Å². The molecule has 0 spiro atoms. The Labute approximate surface area is 93.0 Å². The molecular formula is C11H12ClNO2. The van der Waals surface area contributed by atoms with Crippen molar-refractivity contribution >= 4 is 22.6 Å². The number of rotatable bonds is 4. The van der Waals surface area contributed by atoms with Gasteiger partial charge in [0.1, 0.15) is 5.75 Å². The smallest absolute Gasteiger partial charge is 0.170 e. The Bertz CT molecular complexity index is 453. The second-order valence-electron chi connectivity index (χ2n) is 3.13. The third-order valence-corrected chi connectivity index (χ3v) is 2.35. The fourth-order valence-electron chi connectivity index (χ4n) is 1.56. The van der Waals surface area contributed by atoms with Crippen LogP contribution in [0.5, 0.6) is 5.75 Å². The third kappa shape index (κ3) is 1.92. The number of benzene rings is 1. The van der Waals surface area contributed by atoms with Crippen LogP contribution in [0.4, 0.5) is 0 Å². The van der Waals surface area contributed by atoms with E-state index >= 15 is 0 Å². The maximum absolute atomic E-state index is 5.70. The highest BCUT2D eigenvalue weighted by Crippen LogP contribution is 2.29. The Morgan fingerprint density at radius 1 is 1.47 bits per heavy atom. The predicted molar refractivity (Wildman–Crippen MR) is 59.6 cm³/mol. The average molecular weight is 226 g/mol. The standard InChI is InChI=1S/C11H12ClNO2/c1-2-14-9-4-3-5-10-11(9)8(6-7-12)13-15-10/h3-5H,2,6-7H2,1H3. The van der Waals surface area contributed by atoms with Crippen molar-refractivity contribution in [2.75, 3.05) is 12.5 Å². The van der Waals surface area contributed by atoms with Gasteiger partial charge in [0.15, 0.2) is 5.58 Å². The van der Waals surface area contributed by atoms with Crippen LogP contribution in [0.3, 0.4) is 0 Å². The fourth-order valence-corrected chi connectivity index (χ4v) is 1.74. The van der Waals surface area contributed by atoms with Gasteiger partial charge >= 0.3 is 0 Å². The first kappa shape index (κ1) is 10.3. The predicted octanol–water partition coefficient (Wildman–Crippen LogP) is 3.01. The first-order valence-corrected chi connectivity index (χ1v) is 5.46. The molecule has 1 aromatic heterocycles. The number of hydrogen-bond acceptors (Lipinski definition) is 3. The molecule has 0 saturated heterocycles. The van der Waals surface area contributed by atoms with Gasteiger partial charge in [0.25, 0.3) is 0 Å². The molecule has 0 fully saturated rings. The lowest BCUT2D eigenvalue weighted by Gasteiger charge is -2.03. The minimum absolute atomic E-state index is 0.530. The molecule has 2 aromatic rings. The minimum atomic E-state index is 0.530. The zero-order valence-corrected chi connectivity index (χ0v) is 9.25. The Kier molecular flexibility index (Phi) is 3.11. The molecule has 0 amide bonds. The van der Waals surface area contributed by atoms with Gasteiger partial charge in [0.05, 0.1) is 17.7 Å². The summed E-state index contributed by atoms with van der Waals surface area (Å²) in [4.78, 5) is 0. The van der Waals surface area contributed by atoms with Gasteiger partial charge in [-0.15, -0.1) is 11.6 Å². The van der Waals surface area contributed by atoms with E-state index in [2.05, 4.69) is 5.16 Å². The highest BCUT2D eigenvalue weighted by Gasteiger charge is 2.12. The fraction of sp³-hybridized carbons (Fsp3) is 0.364. The summed E-state index contributed by atoms with van der Waals surface area (Å²) in [5, 5.41) is 4.93. The van der Waals surface area contributed by atoms with Crippen molar-refractivity contribution in [3.8, 4) is 5.75 Å². The number of hydrogen-bond donors (Lipinski definition) is 0. The van der Waals surface area contributed by atoms with Gasteiger partial charge in [-0.05, 0) is 19.1 Å². The molecule has 0 unspecified atom stereocenters. The first-order chi connectivity index (χ1) is 7.36. The molecule has 4 heteroatoms. The SMILES string of the molecule is CCOc1cccc2onc(CCCl)c12. The lowest BCUT2D eigenvalue weighted by molar-refractivity contribution is 0.344. The van der Waals surface area contributed by atoms with Crippen LogP contribution in [0.2, 0.25) is 0 Å². The Balaban J connectivity index is 2.53. The molecular weight excluding hydrogens is 214 g/mol. The molecule has 0 saturated carbocycles. The van der Waals surface area contributed by atoms with Gasteiger partial charge in [-0.3, -0.25) is 0 Å². The summed E-state index contributed by atoms with van der Waals surface area (Å²) >= 11 is 5.70. The van der Waals surface area contributed by atoms with Gasteiger partial charge in [0.2, 0.25) is 0 Å². The van der Waals surface area contributed by atoms with Crippen molar-refractivity contribution in [3.05, 3.63) is 23.9 Å². The minimum Gasteiger partial charge on any atom is -0.493 e. The van der Waals surface area contributed by atoms with Crippen LogP contribution in [0.15, 0.2) is 22.7 Å². The molecule has 1 heterocycles. The van der Waals surface area contributed by atoms with E-state index in [9.17, 15) is 0 Å². The summed E-state index contributed by atoms with van der Waals surface area (Å²) in [6.07, 6.45) is 0.693. The molecule has 0 N–H and O–H groups in total. The van der Waals surface area contributed by atoms with Crippen molar-refractivity contribution in [1.29, 1.82) is 0 Å². The van der Waals surface area contributed by atoms with Crippen LogP contribution in [0, 0.1) is 0 Å². The Morgan fingerprint density at radius 3 is 3.07 bits per heavy atom. The second kappa shape index (κ2) is 4.53. The number of alkyl halides is 1. The van der Waals surface area contributed by atoms with Crippen LogP contribution in [0.1, 0.15) is 12.6 Å². The number of aromatic nitrogens is 1. The number of aryl methyl sites for hydroxylation is 1. The molecule has 0 bridgehead atoms. The molecule has 0 atom stereocenters.